The topological polar surface area (TPSA) is 175 Å². The van der Waals surface area contributed by atoms with E-state index in [1.165, 1.54) is 0 Å². The SMILES string of the molecule is O=C([O-])CC(O)(CC(=O)[O-])C(=O)[O-].O=C=O.[Na+].[Na+].[Na+]. The number of carbonyl (C=O) groups is 3. The van der Waals surface area contributed by atoms with E-state index < -0.39 is 36.4 Å². The Labute approximate surface area is 173 Å². The number of hydrogen-bond donors (Lipinski definition) is 1. The Morgan fingerprint density at radius 1 is 0.895 bits per heavy atom. The monoisotopic (exact) mass is 302 g/mol. The van der Waals surface area contributed by atoms with Gasteiger partial charge in [0.25, 0.3) is 0 Å². The standard InChI is InChI=1S/C6H8O7.CO2.3Na/c7-3(8)1-6(13,5(11)12)2-4(9)10;2-1-3;;;/h13H,1-2H2,(H,7,8)(H,9,10)(H,11,12);;;;/q;;3*+1/p-3. The molecule has 0 atom stereocenters. The van der Waals surface area contributed by atoms with Crippen LogP contribution in [0.5, 0.6) is 0 Å². The van der Waals surface area contributed by atoms with Crippen molar-refractivity contribution in [1.29, 1.82) is 0 Å². The molecule has 1 N–H and O–H groups in total. The van der Waals surface area contributed by atoms with E-state index in [0.717, 1.165) is 0 Å². The summed E-state index contributed by atoms with van der Waals surface area (Å²) in [5, 5.41) is 38.9. The summed E-state index contributed by atoms with van der Waals surface area (Å²) < 4.78 is 0. The molecule has 0 aromatic rings. The predicted molar refractivity (Wildman–Crippen MR) is 34.2 cm³/mol. The van der Waals surface area contributed by atoms with Crippen molar-refractivity contribution in [2.75, 3.05) is 0 Å². The summed E-state index contributed by atoms with van der Waals surface area (Å²) >= 11 is 0. The molecule has 0 fully saturated rings. The van der Waals surface area contributed by atoms with Gasteiger partial charge >= 0.3 is 94.8 Å². The molecule has 19 heavy (non-hydrogen) atoms. The van der Waals surface area contributed by atoms with Crippen molar-refractivity contribution < 1.29 is 133 Å². The van der Waals surface area contributed by atoms with Crippen molar-refractivity contribution in [2.24, 2.45) is 0 Å². The summed E-state index contributed by atoms with van der Waals surface area (Å²) in [6.45, 7) is 0. The van der Waals surface area contributed by atoms with Gasteiger partial charge in [-0.25, -0.2) is 0 Å². The largest absolute Gasteiger partial charge is 1.00 e. The summed E-state index contributed by atoms with van der Waals surface area (Å²) in [6, 6.07) is 0. The number of aliphatic carboxylic acids is 3. The molecule has 0 radical (unpaired) electrons. The second-order valence-electron chi connectivity index (χ2n) is 2.50. The molecule has 0 aliphatic heterocycles. The fourth-order valence-electron chi connectivity index (χ4n) is 0.684. The molecule has 0 saturated heterocycles. The summed E-state index contributed by atoms with van der Waals surface area (Å²) in [5.41, 5.74) is -2.97. The summed E-state index contributed by atoms with van der Waals surface area (Å²) in [6.07, 6.45) is -2.47. The van der Waals surface area contributed by atoms with Gasteiger partial charge in [0.15, 0.2) is 0 Å². The summed E-state index contributed by atoms with van der Waals surface area (Å²) in [7, 11) is 0. The maximum atomic E-state index is 10.1. The normalized spacial score (nSPS) is 7.84. The van der Waals surface area contributed by atoms with E-state index in [1.54, 1.807) is 0 Å². The minimum Gasteiger partial charge on any atom is -0.550 e. The molecule has 0 aliphatic carbocycles. The van der Waals surface area contributed by atoms with Crippen LogP contribution >= 0.6 is 0 Å². The zero-order chi connectivity index (χ0) is 13.4. The van der Waals surface area contributed by atoms with Crippen LogP contribution in [-0.4, -0.2) is 34.8 Å². The van der Waals surface area contributed by atoms with Crippen LogP contribution < -0.4 is 104 Å². The first-order valence-corrected chi connectivity index (χ1v) is 3.52. The van der Waals surface area contributed by atoms with Crippen LogP contribution in [0.25, 0.3) is 0 Å². The first-order chi connectivity index (χ1) is 7.19. The molecule has 0 bridgehead atoms. The van der Waals surface area contributed by atoms with Gasteiger partial charge in [-0.1, -0.05) is 0 Å². The van der Waals surface area contributed by atoms with Crippen molar-refractivity contribution >= 4 is 24.1 Å². The van der Waals surface area contributed by atoms with Gasteiger partial charge in [-0.2, -0.15) is 9.59 Å². The number of rotatable bonds is 5. The summed E-state index contributed by atoms with van der Waals surface area (Å²) in [5.74, 6) is -5.98. The first kappa shape index (κ1) is 31.9. The smallest absolute Gasteiger partial charge is 0.550 e. The fourth-order valence-corrected chi connectivity index (χ4v) is 0.684. The van der Waals surface area contributed by atoms with Crippen LogP contribution in [0.3, 0.4) is 0 Å². The Morgan fingerprint density at radius 2 is 1.11 bits per heavy atom. The third-order valence-electron chi connectivity index (χ3n) is 1.25. The van der Waals surface area contributed by atoms with Crippen molar-refractivity contribution in [1.82, 2.24) is 0 Å². The number of carbonyl (C=O) groups excluding carboxylic acids is 5. The van der Waals surface area contributed by atoms with E-state index in [-0.39, 0.29) is 94.8 Å². The van der Waals surface area contributed by atoms with Crippen LogP contribution in [0.1, 0.15) is 12.8 Å². The van der Waals surface area contributed by atoms with Gasteiger partial charge in [-0.15, -0.1) is 0 Å². The van der Waals surface area contributed by atoms with Crippen LogP contribution in [0.15, 0.2) is 0 Å². The molecule has 12 heteroatoms. The van der Waals surface area contributed by atoms with Crippen molar-refractivity contribution in [3.05, 3.63) is 0 Å². The molecule has 0 heterocycles. The average Bonchev–Trinajstić information content (AvgIpc) is 2.01. The molecular formula is C7H5Na3O9. The van der Waals surface area contributed by atoms with Gasteiger partial charge < -0.3 is 34.8 Å². The van der Waals surface area contributed by atoms with Crippen molar-refractivity contribution in [3.63, 3.8) is 0 Å². The van der Waals surface area contributed by atoms with E-state index in [0.29, 0.717) is 0 Å². The predicted octanol–water partition coefficient (Wildman–Crippen LogP) is -14.8. The molecule has 0 saturated carbocycles. The number of hydrogen-bond acceptors (Lipinski definition) is 9. The zero-order valence-corrected chi connectivity index (χ0v) is 16.6. The average molecular weight is 302 g/mol. The Bertz CT molecular complexity index is 308. The van der Waals surface area contributed by atoms with Crippen molar-refractivity contribution in [2.45, 2.75) is 18.4 Å². The molecule has 0 aromatic heterocycles. The van der Waals surface area contributed by atoms with Gasteiger partial charge in [0, 0.05) is 24.8 Å². The third kappa shape index (κ3) is 18.8. The van der Waals surface area contributed by atoms with Crippen LogP contribution in [0, 0.1) is 0 Å². The zero-order valence-electron chi connectivity index (χ0n) is 10.6. The second kappa shape index (κ2) is 16.8. The van der Waals surface area contributed by atoms with E-state index in [4.69, 9.17) is 14.7 Å². The molecular weight excluding hydrogens is 297 g/mol. The van der Waals surface area contributed by atoms with E-state index in [9.17, 15) is 29.7 Å². The van der Waals surface area contributed by atoms with Gasteiger partial charge in [0.2, 0.25) is 0 Å². The molecule has 0 aromatic carbocycles. The van der Waals surface area contributed by atoms with Gasteiger partial charge in [-0.05, 0) is 0 Å². The van der Waals surface area contributed by atoms with Crippen LogP contribution in [0.2, 0.25) is 0 Å². The molecule has 0 amide bonds. The Hall–Kier alpha value is 0.750. The van der Waals surface area contributed by atoms with E-state index >= 15 is 0 Å². The second-order valence-corrected chi connectivity index (χ2v) is 2.50. The minimum atomic E-state index is -2.97. The van der Waals surface area contributed by atoms with E-state index in [2.05, 4.69) is 0 Å². The first-order valence-electron chi connectivity index (χ1n) is 3.52. The van der Waals surface area contributed by atoms with Gasteiger partial charge in [0.1, 0.15) is 5.60 Å². The Balaban J connectivity index is -0.0000000992. The molecule has 0 spiro atoms. The summed E-state index contributed by atoms with van der Waals surface area (Å²) in [4.78, 5) is 46.2. The third-order valence-corrected chi connectivity index (χ3v) is 1.25. The molecule has 9 nitrogen and oxygen atoms in total. The van der Waals surface area contributed by atoms with Crippen molar-refractivity contribution in [3.8, 4) is 0 Å². The number of aliphatic hydroxyl groups is 1. The Kier molecular flexibility index (Phi) is 28.2. The van der Waals surface area contributed by atoms with Crippen LogP contribution in [-0.2, 0) is 24.0 Å². The fraction of sp³-hybridized carbons (Fsp3) is 0.429. The minimum absolute atomic E-state index is 0. The molecule has 90 valence electrons. The molecule has 0 aliphatic rings. The Morgan fingerprint density at radius 3 is 1.21 bits per heavy atom. The van der Waals surface area contributed by atoms with Crippen LogP contribution in [0.4, 0.5) is 0 Å². The number of carboxylic acids is 3. The van der Waals surface area contributed by atoms with Gasteiger partial charge in [0.05, 0.1) is 5.97 Å². The van der Waals surface area contributed by atoms with E-state index in [1.807, 2.05) is 0 Å². The molecule has 0 unspecified atom stereocenters. The maximum Gasteiger partial charge on any atom is 1.00 e. The molecule has 0 rings (SSSR count). The maximum absolute atomic E-state index is 10.1. The quantitative estimate of drug-likeness (QED) is 0.483. The van der Waals surface area contributed by atoms with Gasteiger partial charge in [-0.3, -0.25) is 0 Å². The number of carboxylic acid groups (broad SMARTS) is 3.